The number of aliphatic hydroxyl groups excluding tert-OH is 1. The van der Waals surface area contributed by atoms with Crippen molar-refractivity contribution in [2.45, 2.75) is 144 Å². The van der Waals surface area contributed by atoms with Crippen molar-refractivity contribution in [3.63, 3.8) is 0 Å². The summed E-state index contributed by atoms with van der Waals surface area (Å²) in [6.07, 6.45) is 33.5. The van der Waals surface area contributed by atoms with Crippen molar-refractivity contribution in [1.82, 2.24) is 40.8 Å². The molecule has 2 saturated heterocycles. The first kappa shape index (κ1) is 86.9. The fourth-order valence-electron chi connectivity index (χ4n) is 13.7. The molecule has 4 aromatic heterocycles. The Morgan fingerprint density at radius 1 is 0.492 bits per heavy atom. The van der Waals surface area contributed by atoms with E-state index in [1.807, 2.05) is 73.2 Å². The Morgan fingerprint density at radius 2 is 0.898 bits per heavy atom. The minimum Gasteiger partial charge on any atom is -0.446 e. The highest BCUT2D eigenvalue weighted by Crippen LogP contribution is 2.39. The van der Waals surface area contributed by atoms with Crippen molar-refractivity contribution < 1.29 is 65.3 Å². The van der Waals surface area contributed by atoms with Gasteiger partial charge in [0.15, 0.2) is 0 Å². The number of thioether (sulfide) groups is 2. The molecule has 7 aliphatic rings. The smallest absolute Gasteiger partial charge is 0.411 e. The first-order valence-electron chi connectivity index (χ1n) is 39.2. The zero-order chi connectivity index (χ0) is 83.0. The maximum atomic E-state index is 12.9. The zero-order valence-electron chi connectivity index (χ0n) is 65.5. The minimum absolute atomic E-state index is 0. The Bertz CT molecular complexity index is 4820. The standard InChI is InChI=1S/C33H33N5O4S.C20H24N2O4S.C19H20N2O4.C12H8N6.C3H9OP.2H2/c1-43-28-20-29(39)38(32(28)40)23-15-13-22(14-16-23)35-33(41)42-24-10-7-11-25-26(18-17-24)31(27-12-5-6-19-34-27)37-36-30(25)21-8-3-2-4-9-21;1-27-17-13-18(23)22(19(17)24)15-11-9-14(10-12-15)21-20(25)26-16-7-5-3-2-4-6-8-16;22-17-12-13-18(23)21(17)15-10-8-14(9-11-15)20-19(24)25-16-6-4-2-1-3-5-7-16;1-3-7-13-9(5-1)11-15-17-12(18-16-11)10-6-2-4-8-14-10;4-2-1-3-5;;/h2-6,8-9,12-16,19,24,26,28,36H,7,10-11,17-18,20H2,1H3,(H,35,41);2-3,9-12,16-17H,4-8,13H2,1H3,(H,21,25);1-2,8-13,16H,3-7H2,(H,20,24);1-8H;4H,1-3,5H2;2*1H/b;3-2+;2-1+;;;;/i;;;;;2*1+2. The molecule has 15 rings (SSSR count). The number of carbonyl (C=O) groups excluding carboxylic acids is 9. The molecule has 8 aromatic rings. The molecule has 0 spiro atoms. The highest BCUT2D eigenvalue weighted by atomic mass is 32.2. The van der Waals surface area contributed by atoms with Gasteiger partial charge in [0.2, 0.25) is 35.3 Å². The summed E-state index contributed by atoms with van der Waals surface area (Å²) in [6.45, 7) is 0.323. The summed E-state index contributed by atoms with van der Waals surface area (Å²) in [5, 5.41) is 36.4. The number of anilines is 6. The average molecular weight is 1660 g/mol. The topological polar surface area (TPSA) is 362 Å². The third-order valence-electron chi connectivity index (χ3n) is 19.7. The number of carbonyl (C=O) groups is 9. The number of nitrogens with one attached hydrogen (secondary N) is 4. The van der Waals surface area contributed by atoms with Crippen LogP contribution < -0.4 is 36.1 Å². The number of hydrogen-bond acceptors (Lipinski definition) is 24. The van der Waals surface area contributed by atoms with Crippen LogP contribution in [0.25, 0.3) is 28.7 Å². The Hall–Kier alpha value is -12.0. The third-order valence-corrected chi connectivity index (χ3v) is 22.0. The van der Waals surface area contributed by atoms with Gasteiger partial charge in [0.25, 0.3) is 11.8 Å². The van der Waals surface area contributed by atoms with Crippen LogP contribution in [0.1, 0.15) is 130 Å². The summed E-state index contributed by atoms with van der Waals surface area (Å²) in [5.41, 5.74) is 12.9. The van der Waals surface area contributed by atoms with Gasteiger partial charge in [0, 0.05) is 76.0 Å². The Balaban J connectivity index is 0.000000186. The van der Waals surface area contributed by atoms with Crippen LogP contribution in [0.4, 0.5) is 48.5 Å². The predicted molar refractivity (Wildman–Crippen MR) is 464 cm³/mol. The van der Waals surface area contributed by atoms with Gasteiger partial charge in [-0.1, -0.05) is 72.8 Å². The summed E-state index contributed by atoms with van der Waals surface area (Å²) in [6, 6.07) is 46.9. The van der Waals surface area contributed by atoms with Crippen LogP contribution in [0.5, 0.6) is 0 Å². The van der Waals surface area contributed by atoms with Gasteiger partial charge in [-0.3, -0.25) is 65.1 Å². The number of hydrogen-bond donors (Lipinski definition) is 5. The van der Waals surface area contributed by atoms with Crippen molar-refractivity contribution in [2.75, 3.05) is 55.9 Å². The number of allylic oxidation sites excluding steroid dienone is 5. The van der Waals surface area contributed by atoms with Crippen LogP contribution in [0.2, 0.25) is 0 Å². The number of amides is 9. The van der Waals surface area contributed by atoms with Crippen molar-refractivity contribution in [2.24, 2.45) is 11.0 Å². The Labute approximate surface area is 698 Å². The van der Waals surface area contributed by atoms with E-state index in [9.17, 15) is 43.2 Å². The fraction of sp³-hybridized carbons (Fsp3) is 0.322. The van der Waals surface area contributed by atoms with Crippen LogP contribution >= 0.6 is 32.8 Å². The van der Waals surface area contributed by atoms with E-state index in [2.05, 4.69) is 102 Å². The molecule has 0 bridgehead atoms. The SMILES string of the molecule is CSC1CC(=O)N(c2ccc(NC(=O)OC3CC/C=C/CCC3)cc2)C1=O.CSC1CC(=O)N(c2ccc(NC(=O)OC3CCCC4=C(c5ccccc5)NN=C(c5ccccn5)C4CC3)cc2)C1=O.O=C(Nc1ccc(N2C(=O)C=CC2=O)cc1)OC1CC/C=C/CCC1.OCCCP.[3HH].[3HH].c1ccc(-c2nnc(-c3ccccn3)nn2)nc1. The van der Waals surface area contributed by atoms with Crippen LogP contribution in [-0.2, 0) is 43.0 Å². The van der Waals surface area contributed by atoms with Crippen molar-refractivity contribution in [3.05, 3.63) is 230 Å². The molecule has 8 heterocycles. The Morgan fingerprint density at radius 3 is 1.30 bits per heavy atom. The molecule has 4 aromatic carbocycles. The van der Waals surface area contributed by atoms with E-state index in [-0.39, 0.29) is 85.9 Å². The molecular formula is C87H98N15O13PS2. The van der Waals surface area contributed by atoms with E-state index < -0.39 is 18.3 Å². The summed E-state index contributed by atoms with van der Waals surface area (Å²) in [7, 11) is 2.54. The molecule has 118 heavy (non-hydrogen) atoms. The van der Waals surface area contributed by atoms with E-state index in [0.29, 0.717) is 70.2 Å². The van der Waals surface area contributed by atoms with Crippen LogP contribution in [0, 0.1) is 5.92 Å². The number of pyridine rings is 3. The number of benzene rings is 4. The lowest BCUT2D eigenvalue weighted by Gasteiger charge is -2.33. The largest absolute Gasteiger partial charge is 0.446 e. The van der Waals surface area contributed by atoms with E-state index >= 15 is 0 Å². The molecule has 5 N–H and O–H groups in total. The second-order valence-electron chi connectivity index (χ2n) is 27.8. The van der Waals surface area contributed by atoms with Gasteiger partial charge < -0.3 is 19.3 Å². The second kappa shape index (κ2) is 44.9. The van der Waals surface area contributed by atoms with Gasteiger partial charge >= 0.3 is 18.3 Å². The number of aliphatic hydroxyl groups is 1. The molecule has 7 unspecified atom stereocenters. The maximum absolute atomic E-state index is 12.9. The maximum Gasteiger partial charge on any atom is 0.411 e. The lowest BCUT2D eigenvalue weighted by molar-refractivity contribution is -0.122. The number of hydrazone groups is 1. The molecule has 0 radical (unpaired) electrons. The van der Waals surface area contributed by atoms with E-state index in [4.69, 9.17) is 24.4 Å². The van der Waals surface area contributed by atoms with Crippen LogP contribution in [0.15, 0.2) is 223 Å². The van der Waals surface area contributed by atoms with Crippen LogP contribution in [-0.4, -0.2) is 154 Å². The van der Waals surface area contributed by atoms with Crippen LogP contribution in [0.3, 0.4) is 0 Å². The predicted octanol–water partition coefficient (Wildman–Crippen LogP) is 15.8. The molecule has 31 heteroatoms. The molecule has 1 saturated carbocycles. The molecule has 28 nitrogen and oxygen atoms in total. The summed E-state index contributed by atoms with van der Waals surface area (Å²) in [5.74, 6) is -0.704. The summed E-state index contributed by atoms with van der Waals surface area (Å²) >= 11 is 2.76. The van der Waals surface area contributed by atoms with Gasteiger partial charge in [-0.15, -0.1) is 29.6 Å². The molecular weight excluding hydrogens is 1560 g/mol. The van der Waals surface area contributed by atoms with Gasteiger partial charge in [-0.2, -0.15) is 28.6 Å². The quantitative estimate of drug-likeness (QED) is 0.0245. The number of ether oxygens (including phenoxy) is 3. The summed E-state index contributed by atoms with van der Waals surface area (Å²) < 4.78 is 16.9. The number of fused-ring (bicyclic) bond motifs is 1. The van der Waals surface area contributed by atoms with Gasteiger partial charge in [0.05, 0.1) is 44.7 Å². The monoisotopic (exact) mass is 1660 g/mol. The molecule has 4 aliphatic heterocycles. The molecule has 3 aliphatic carbocycles. The zero-order valence-corrected chi connectivity index (χ0v) is 68.3. The molecule has 9 amide bonds. The molecule has 3 fully saturated rings. The van der Waals surface area contributed by atoms with Gasteiger partial charge in [0.1, 0.15) is 29.7 Å². The minimum atomic E-state index is -0.529. The third kappa shape index (κ3) is 24.8. The highest BCUT2D eigenvalue weighted by molar-refractivity contribution is 8.00. The normalized spacial score (nSPS) is 20.1. The first-order valence-corrected chi connectivity index (χ1v) is 42.6. The van der Waals surface area contributed by atoms with Crippen molar-refractivity contribution in [1.29, 1.82) is 0 Å². The fourth-order valence-corrected chi connectivity index (χ4v) is 15.1. The average Bonchev–Trinajstić information content (AvgIpc) is 1.35. The molecule has 7 atom stereocenters. The van der Waals surface area contributed by atoms with E-state index in [1.165, 1.54) is 51.0 Å². The Kier molecular flexibility index (Phi) is 33.1. The lowest BCUT2D eigenvalue weighted by atomic mass is 9.79. The van der Waals surface area contributed by atoms with Gasteiger partial charge in [-0.05, 0) is 242 Å². The first-order chi connectivity index (χ1) is 57.6. The summed E-state index contributed by atoms with van der Waals surface area (Å²) in [4.78, 5) is 126. The second-order valence-corrected chi connectivity index (χ2v) is 30.5. The van der Waals surface area contributed by atoms with Gasteiger partial charge in [-0.25, -0.2) is 29.1 Å². The van der Waals surface area contributed by atoms with E-state index in [0.717, 1.165) is 130 Å². The van der Waals surface area contributed by atoms with E-state index in [1.54, 1.807) is 104 Å². The number of aromatic nitrogens is 7. The van der Waals surface area contributed by atoms with Crippen molar-refractivity contribution >= 4 is 132 Å². The lowest BCUT2D eigenvalue weighted by Crippen LogP contribution is -2.32. The highest BCUT2D eigenvalue weighted by Gasteiger charge is 2.41. The number of nitrogens with zero attached hydrogens (tertiary/aromatic N) is 11. The number of rotatable bonds is 17. The molecule has 616 valence electrons. The number of imide groups is 3. The van der Waals surface area contributed by atoms with Crippen molar-refractivity contribution in [3.8, 4) is 23.0 Å².